The number of allylic oxidation sites excluding steroid dienone is 1. The van der Waals surface area contributed by atoms with Gasteiger partial charge >= 0.3 is 0 Å². The van der Waals surface area contributed by atoms with Crippen LogP contribution in [0.2, 0.25) is 5.02 Å². The van der Waals surface area contributed by atoms with Crippen molar-refractivity contribution < 1.29 is 53.0 Å². The number of para-hydroxylation sites is 2. The largest absolute Gasteiger partial charge is 0.507 e. The van der Waals surface area contributed by atoms with Crippen LogP contribution >= 0.6 is 11.6 Å². The van der Waals surface area contributed by atoms with Crippen molar-refractivity contribution in [1.29, 1.82) is 0 Å². The van der Waals surface area contributed by atoms with Gasteiger partial charge in [-0.1, -0.05) is 30.7 Å². The number of benzene rings is 3. The van der Waals surface area contributed by atoms with E-state index in [-0.39, 0.29) is 83.2 Å². The maximum atomic E-state index is 14.5. The molecule has 0 fully saturated rings. The molecule has 0 saturated heterocycles. The van der Waals surface area contributed by atoms with E-state index in [4.69, 9.17) is 40.0 Å². The number of fused-ring (bicyclic) bond motifs is 2. The zero-order valence-electron chi connectivity index (χ0n) is 30.1. The fourth-order valence-electron chi connectivity index (χ4n) is 7.29. The number of hydrogen-bond acceptors (Lipinski definition) is 12. The summed E-state index contributed by atoms with van der Waals surface area (Å²) >= 11 is 6.64. The van der Waals surface area contributed by atoms with Crippen LogP contribution in [-0.4, -0.2) is 84.9 Å². The van der Waals surface area contributed by atoms with Crippen LogP contribution in [0.5, 0.6) is 34.5 Å². The Morgan fingerprint density at radius 3 is 2.30 bits per heavy atom. The quantitative estimate of drug-likeness (QED) is 0.168. The predicted octanol–water partition coefficient (Wildman–Crippen LogP) is 4.95. The lowest BCUT2D eigenvalue weighted by molar-refractivity contribution is -0.121. The summed E-state index contributed by atoms with van der Waals surface area (Å²) in [5.74, 6) is -2.84. The molecule has 53 heavy (non-hydrogen) atoms. The fraction of sp³-hybridized carbons (Fsp3) is 0.368. The van der Waals surface area contributed by atoms with Crippen molar-refractivity contribution in [3.8, 4) is 34.5 Å². The van der Waals surface area contributed by atoms with E-state index in [0.29, 0.717) is 16.9 Å². The Morgan fingerprint density at radius 1 is 1.02 bits per heavy atom. The number of imidazole rings is 1. The standard InChI is InChI=1S/C38H40ClN3O11/c1-19-13-24(44)31(36(46)38(19)37(47)32-25(48-2)17-26(49-3)33(39)35(32)53-38)21(20-14-27(50-4)34(52-6)28(15-20)51-5)16-30(45)40-11-12-42-23-10-8-7-9-22(23)41-29(42)18-43/h7-10,14-15,17,19,21,43,46H,11-13,16,18H2,1-6H3,(H,40,45)/t19-,21?,38+/m1/s1. The molecule has 15 heteroatoms. The third kappa shape index (κ3) is 6.15. The van der Waals surface area contributed by atoms with Gasteiger partial charge in [0.25, 0.3) is 0 Å². The second-order valence-corrected chi connectivity index (χ2v) is 13.0. The van der Waals surface area contributed by atoms with Crippen molar-refractivity contribution in [3.05, 3.63) is 75.8 Å². The van der Waals surface area contributed by atoms with Gasteiger partial charge in [0.15, 0.2) is 28.8 Å². The van der Waals surface area contributed by atoms with Gasteiger partial charge in [0.05, 0.1) is 46.6 Å². The number of ketones is 2. The van der Waals surface area contributed by atoms with Gasteiger partial charge in [0.2, 0.25) is 23.0 Å². The van der Waals surface area contributed by atoms with E-state index in [1.165, 1.54) is 41.6 Å². The molecule has 0 radical (unpaired) electrons. The lowest BCUT2D eigenvalue weighted by atomic mass is 9.69. The number of amides is 1. The van der Waals surface area contributed by atoms with Gasteiger partial charge < -0.3 is 48.5 Å². The Balaban J connectivity index is 1.43. The molecule has 1 spiro atoms. The number of nitrogens with one attached hydrogen (secondary N) is 1. The fourth-order valence-corrected chi connectivity index (χ4v) is 7.55. The van der Waals surface area contributed by atoms with Gasteiger partial charge in [-0.2, -0.15) is 0 Å². The SMILES string of the molecule is COc1cc(OC)c2c(c1Cl)O[C@]1(C2=O)C(O)=C(C(CC(=O)NCCn2c(CO)nc3ccccc32)c2cc(OC)c(OC)c(OC)c2)C(=O)C[C@H]1C. The van der Waals surface area contributed by atoms with Crippen LogP contribution in [0.3, 0.4) is 0 Å². The van der Waals surface area contributed by atoms with Crippen LogP contribution in [0.1, 0.15) is 47.4 Å². The van der Waals surface area contributed by atoms with Crippen LogP contribution in [0, 0.1) is 5.92 Å². The molecule has 3 atom stereocenters. The van der Waals surface area contributed by atoms with E-state index < -0.39 is 40.7 Å². The molecule has 2 heterocycles. The van der Waals surface area contributed by atoms with E-state index >= 15 is 0 Å². The number of carbonyl (C=O) groups is 3. The van der Waals surface area contributed by atoms with Gasteiger partial charge in [-0.3, -0.25) is 14.4 Å². The van der Waals surface area contributed by atoms with Crippen molar-refractivity contribution in [1.82, 2.24) is 14.9 Å². The summed E-state index contributed by atoms with van der Waals surface area (Å²) in [4.78, 5) is 46.9. The number of aliphatic hydroxyl groups is 2. The maximum absolute atomic E-state index is 14.5. The number of halogens is 1. The minimum atomic E-state index is -2.08. The first-order valence-corrected chi connectivity index (χ1v) is 17.1. The van der Waals surface area contributed by atoms with Gasteiger partial charge in [-0.25, -0.2) is 4.98 Å². The van der Waals surface area contributed by atoms with E-state index in [1.807, 2.05) is 28.8 Å². The lowest BCUT2D eigenvalue weighted by Gasteiger charge is -2.38. The molecule has 6 rings (SSSR count). The summed E-state index contributed by atoms with van der Waals surface area (Å²) in [6.45, 7) is 1.76. The minimum Gasteiger partial charge on any atom is -0.507 e. The molecule has 1 amide bonds. The average Bonchev–Trinajstić information content (AvgIpc) is 3.68. The second-order valence-electron chi connectivity index (χ2n) is 12.6. The Kier molecular flexibility index (Phi) is 10.5. The van der Waals surface area contributed by atoms with Crippen LogP contribution in [0.15, 0.2) is 53.8 Å². The highest BCUT2D eigenvalue weighted by Crippen LogP contribution is 2.56. The molecule has 1 aliphatic carbocycles. The molecule has 1 aromatic heterocycles. The molecule has 0 bridgehead atoms. The van der Waals surface area contributed by atoms with Crippen molar-refractivity contribution in [2.45, 2.75) is 44.4 Å². The summed E-state index contributed by atoms with van der Waals surface area (Å²) in [6, 6.07) is 12.0. The predicted molar refractivity (Wildman–Crippen MR) is 193 cm³/mol. The summed E-state index contributed by atoms with van der Waals surface area (Å²) in [5.41, 5.74) is -0.430. The zero-order chi connectivity index (χ0) is 38.2. The highest BCUT2D eigenvalue weighted by Gasteiger charge is 2.61. The number of rotatable bonds is 13. The summed E-state index contributed by atoms with van der Waals surface area (Å²) in [7, 11) is 7.06. The minimum absolute atomic E-state index is 0.0115. The van der Waals surface area contributed by atoms with Crippen LogP contribution in [-0.2, 0) is 22.7 Å². The summed E-state index contributed by atoms with van der Waals surface area (Å²) < 4.78 is 35.7. The van der Waals surface area contributed by atoms with E-state index in [9.17, 15) is 24.6 Å². The van der Waals surface area contributed by atoms with Crippen LogP contribution in [0.25, 0.3) is 11.0 Å². The lowest BCUT2D eigenvalue weighted by Crippen LogP contribution is -2.53. The first-order valence-electron chi connectivity index (χ1n) is 16.8. The highest BCUT2D eigenvalue weighted by molar-refractivity contribution is 6.35. The molecule has 4 aromatic rings. The topological polar surface area (TPSA) is 177 Å². The van der Waals surface area contributed by atoms with Gasteiger partial charge in [0, 0.05) is 49.4 Å². The van der Waals surface area contributed by atoms with E-state index in [1.54, 1.807) is 19.1 Å². The number of nitrogens with zero attached hydrogens (tertiary/aromatic N) is 2. The summed E-state index contributed by atoms with van der Waals surface area (Å²) in [6.07, 6.45) is -0.554. The molecule has 2 aliphatic rings. The Bertz CT molecular complexity index is 2120. The summed E-state index contributed by atoms with van der Waals surface area (Å²) in [5, 5.41) is 25.1. The van der Waals surface area contributed by atoms with Crippen LogP contribution in [0.4, 0.5) is 0 Å². The molecule has 14 nitrogen and oxygen atoms in total. The average molecular weight is 750 g/mol. The zero-order valence-corrected chi connectivity index (χ0v) is 30.8. The number of aromatic nitrogens is 2. The Morgan fingerprint density at radius 2 is 1.68 bits per heavy atom. The number of ether oxygens (including phenoxy) is 6. The normalized spacial score (nSPS) is 18.5. The monoisotopic (exact) mass is 749 g/mol. The molecular weight excluding hydrogens is 710 g/mol. The van der Waals surface area contributed by atoms with E-state index in [2.05, 4.69) is 10.3 Å². The number of methoxy groups -OCH3 is 5. The Hall–Kier alpha value is -5.47. The van der Waals surface area contributed by atoms with Crippen LogP contribution < -0.4 is 33.7 Å². The first-order chi connectivity index (χ1) is 25.5. The number of Topliss-reactive ketones (excluding diaryl/α,β-unsaturated/α-hetero) is 2. The third-order valence-electron chi connectivity index (χ3n) is 9.87. The van der Waals surface area contributed by atoms with Gasteiger partial charge in [0.1, 0.15) is 34.5 Å². The van der Waals surface area contributed by atoms with Gasteiger partial charge in [-0.05, 0) is 29.8 Å². The molecule has 0 saturated carbocycles. The van der Waals surface area contributed by atoms with Crippen molar-refractivity contribution >= 4 is 40.1 Å². The van der Waals surface area contributed by atoms with E-state index in [0.717, 1.165) is 5.52 Å². The van der Waals surface area contributed by atoms with Crippen molar-refractivity contribution in [2.24, 2.45) is 5.92 Å². The molecular formula is C38H40ClN3O11. The third-order valence-corrected chi connectivity index (χ3v) is 10.2. The van der Waals surface area contributed by atoms with Crippen molar-refractivity contribution in [2.75, 3.05) is 42.1 Å². The molecule has 280 valence electrons. The number of aliphatic hydroxyl groups excluding tert-OH is 2. The molecule has 1 aliphatic heterocycles. The first kappa shape index (κ1) is 37.3. The maximum Gasteiger partial charge on any atom is 0.231 e. The highest BCUT2D eigenvalue weighted by atomic mass is 35.5. The Labute approximate surface area is 310 Å². The second kappa shape index (κ2) is 14.9. The van der Waals surface area contributed by atoms with Crippen molar-refractivity contribution in [3.63, 3.8) is 0 Å². The smallest absolute Gasteiger partial charge is 0.231 e. The molecule has 1 unspecified atom stereocenters. The number of carbonyl (C=O) groups excluding carboxylic acids is 3. The molecule has 3 aromatic carbocycles. The molecule has 3 N–H and O–H groups in total. The van der Waals surface area contributed by atoms with Gasteiger partial charge in [-0.15, -0.1) is 0 Å². The number of hydrogen-bond donors (Lipinski definition) is 3.